The van der Waals surface area contributed by atoms with Gasteiger partial charge in [0, 0.05) is 6.54 Å². The molecule has 0 aliphatic carbocycles. The fraction of sp³-hybridized carbons (Fsp3) is 0.738. The van der Waals surface area contributed by atoms with E-state index in [2.05, 4.69) is 63.7 Å². The third kappa shape index (κ3) is 14.0. The lowest BCUT2D eigenvalue weighted by Crippen LogP contribution is -2.47. The van der Waals surface area contributed by atoms with Crippen LogP contribution < -0.4 is 0 Å². The van der Waals surface area contributed by atoms with Crippen LogP contribution in [0.1, 0.15) is 82.6 Å². The molecule has 0 radical (unpaired) electrons. The van der Waals surface area contributed by atoms with Crippen molar-refractivity contribution < 1.29 is 81.0 Å². The van der Waals surface area contributed by atoms with Gasteiger partial charge in [-0.3, -0.25) is 48.1 Å². The lowest BCUT2D eigenvalue weighted by Gasteiger charge is -2.33. The summed E-state index contributed by atoms with van der Waals surface area (Å²) in [6, 6.07) is 0. The van der Waals surface area contributed by atoms with Crippen molar-refractivity contribution in [3.05, 3.63) is 12.2 Å². The summed E-state index contributed by atoms with van der Waals surface area (Å²) in [6.07, 6.45) is 2.57. The predicted octanol–water partition coefficient (Wildman–Crippen LogP) is 4.83. The van der Waals surface area contributed by atoms with Gasteiger partial charge in [-0.05, 0) is 82.6 Å². The van der Waals surface area contributed by atoms with Crippen LogP contribution in [0.25, 0.3) is 0 Å². The van der Waals surface area contributed by atoms with Crippen molar-refractivity contribution in [3.63, 3.8) is 0 Å². The van der Waals surface area contributed by atoms with Gasteiger partial charge < -0.3 is 37.9 Å². The van der Waals surface area contributed by atoms with Crippen LogP contribution in [0.5, 0.6) is 0 Å². The number of fused-ring (bicyclic) bond motifs is 5. The molecule has 2 fully saturated rings. The second-order valence-electron chi connectivity index (χ2n) is 18.8. The van der Waals surface area contributed by atoms with Gasteiger partial charge in [-0.2, -0.15) is 0 Å². The number of halogens is 4. The molecule has 3 aliphatic heterocycles. The van der Waals surface area contributed by atoms with Crippen LogP contribution >= 0.6 is 63.7 Å². The third-order valence-electron chi connectivity index (χ3n) is 10.3. The highest BCUT2D eigenvalue weighted by atomic mass is 79.9. The van der Waals surface area contributed by atoms with E-state index in [1.807, 2.05) is 0 Å². The molecule has 22 heteroatoms. The Hall–Kier alpha value is -2.95. The van der Waals surface area contributed by atoms with Gasteiger partial charge >= 0.3 is 41.8 Å². The average molecular weight is 1170 g/mol. The molecule has 0 spiro atoms. The van der Waals surface area contributed by atoms with Crippen molar-refractivity contribution in [2.45, 2.75) is 112 Å². The lowest BCUT2D eigenvalue weighted by molar-refractivity contribution is -0.182. The molecule has 0 aromatic rings. The average Bonchev–Trinajstić information content (AvgIpc) is 3.88. The van der Waals surface area contributed by atoms with E-state index >= 15 is 0 Å². The van der Waals surface area contributed by atoms with Crippen LogP contribution in [0.4, 0.5) is 0 Å². The highest BCUT2D eigenvalue weighted by Crippen LogP contribution is 2.45. The van der Waals surface area contributed by atoms with Crippen LogP contribution in [-0.4, -0.2) is 141 Å². The minimum absolute atomic E-state index is 0.0211. The zero-order valence-electron chi connectivity index (χ0n) is 37.7. The summed E-state index contributed by atoms with van der Waals surface area (Å²) >= 11 is 12.8. The first-order valence-electron chi connectivity index (χ1n) is 20.2. The van der Waals surface area contributed by atoms with Crippen LogP contribution in [0.3, 0.4) is 0 Å². The van der Waals surface area contributed by atoms with Crippen molar-refractivity contribution in [3.8, 4) is 0 Å². The summed E-state index contributed by atoms with van der Waals surface area (Å²) < 4.78 is 39.6. The third-order valence-corrected chi connectivity index (χ3v) is 11.6. The summed E-state index contributed by atoms with van der Waals surface area (Å²) in [4.78, 5) is 120. The molecule has 0 N–H and O–H groups in total. The second-order valence-corrected chi connectivity index (χ2v) is 26.8. The molecule has 360 valence electrons. The van der Waals surface area contributed by atoms with Gasteiger partial charge in [0.25, 0.3) is 0 Å². The van der Waals surface area contributed by atoms with Crippen molar-refractivity contribution in [1.29, 1.82) is 0 Å². The zero-order valence-corrected chi connectivity index (χ0v) is 44.1. The van der Waals surface area contributed by atoms with E-state index in [4.69, 9.17) is 37.9 Å². The van der Waals surface area contributed by atoms with E-state index in [0.29, 0.717) is 0 Å². The molecular formula is C42H57Br4NO17. The molecule has 2 saturated heterocycles. The number of nitrogens with zero attached hydrogens (tertiary/aromatic N) is 1. The zero-order chi connectivity index (χ0) is 49.0. The summed E-state index contributed by atoms with van der Waals surface area (Å²) in [5.74, 6) is -8.25. The first kappa shape index (κ1) is 55.4. The summed E-state index contributed by atoms with van der Waals surface area (Å²) in [7, 11) is 0. The molecule has 3 aliphatic rings. The number of esters is 7. The maximum atomic E-state index is 14.0. The van der Waals surface area contributed by atoms with E-state index in [0.717, 1.165) is 4.90 Å². The minimum Gasteiger partial charge on any atom is -0.465 e. The van der Waals surface area contributed by atoms with Gasteiger partial charge in [0.15, 0.2) is 0 Å². The number of likely N-dealkylation sites (tertiary alicyclic amines) is 1. The Morgan fingerprint density at radius 3 is 0.984 bits per heavy atom. The van der Waals surface area contributed by atoms with Crippen LogP contribution in [0.2, 0.25) is 0 Å². The molecule has 0 unspecified atom stereocenters. The lowest BCUT2D eigenvalue weighted by atomic mass is 9.85. The highest BCUT2D eigenvalue weighted by Gasteiger charge is 2.60. The minimum atomic E-state index is -1.99. The number of carbonyl (C=O) groups excluding carboxylic acids is 9. The molecule has 18 nitrogen and oxygen atoms in total. The van der Waals surface area contributed by atoms with Gasteiger partial charge in [-0.25, -0.2) is 0 Å². The summed E-state index contributed by atoms with van der Waals surface area (Å²) in [5.41, 5.74) is -5.66. The quantitative estimate of drug-likeness (QED) is 0.0333. The number of carbonyl (C=O) groups is 9. The number of alkyl halides is 4. The Morgan fingerprint density at radius 2 is 0.719 bits per heavy atom. The van der Waals surface area contributed by atoms with E-state index in [9.17, 15) is 43.2 Å². The smallest absolute Gasteiger partial charge is 0.322 e. The Morgan fingerprint density at radius 1 is 0.469 bits per heavy atom. The van der Waals surface area contributed by atoms with Crippen LogP contribution in [0, 0.1) is 28.1 Å². The van der Waals surface area contributed by atoms with Gasteiger partial charge in [0.1, 0.15) is 73.2 Å². The van der Waals surface area contributed by atoms with E-state index in [-0.39, 0.29) is 31.4 Å². The summed E-state index contributed by atoms with van der Waals surface area (Å²) in [6.45, 7) is 11.5. The largest absolute Gasteiger partial charge is 0.465 e. The summed E-state index contributed by atoms with van der Waals surface area (Å²) in [5, 5.41) is 0. The monoisotopic (exact) mass is 1160 g/mol. The van der Waals surface area contributed by atoms with Crippen LogP contribution in [-0.2, 0) is 81.0 Å². The Bertz CT molecular complexity index is 1700. The van der Waals surface area contributed by atoms with Crippen molar-refractivity contribution in [2.24, 2.45) is 28.1 Å². The maximum Gasteiger partial charge on any atom is 0.322 e. The van der Waals surface area contributed by atoms with Gasteiger partial charge in [-0.1, -0.05) is 75.9 Å². The Balaban J connectivity index is 1.87. The standard InChI is InChI=1S/C42H57Br4NO17/c1-36(2,43)29(50)58-17-41(10,18-59-30(51)37(3,4)44)34(55)62-21-40(9,33(54)57-16-12-15-47-27(48)25-23-13-14-24(64-23)26(25)28(47)49)22-63-35(56)42(11,19-60-31(52)38(5,6)45)20-61-32(53)39(7,8)46/h13-14,23-26H,12,15-22H2,1-11H3/t23-,24+,25+,26-. The van der Waals surface area contributed by atoms with Crippen molar-refractivity contribution >= 4 is 117 Å². The van der Waals surface area contributed by atoms with Crippen molar-refractivity contribution in [1.82, 2.24) is 4.90 Å². The van der Waals surface area contributed by atoms with Gasteiger partial charge in [-0.15, -0.1) is 0 Å². The molecule has 3 rings (SSSR count). The van der Waals surface area contributed by atoms with Crippen LogP contribution in [0.15, 0.2) is 12.2 Å². The first-order chi connectivity index (χ1) is 29.1. The molecule has 64 heavy (non-hydrogen) atoms. The SMILES string of the molecule is CC(C)(Br)C(=O)OCC(C)(COC(=O)C(C)(C)Br)C(=O)OCC(C)(COC(=O)C(C)(COC(=O)C(C)(C)Br)COC(=O)C(C)(C)Br)C(=O)OCCCN1C(=O)[C@@H]2[C@H](C1=O)[C@@H]1C=C[C@H]2O1. The topological polar surface area (TPSA) is 231 Å². The molecule has 0 aromatic heterocycles. The molecule has 0 aromatic carbocycles. The normalized spacial score (nSPS) is 20.1. The molecule has 2 bridgehead atoms. The highest BCUT2D eigenvalue weighted by molar-refractivity contribution is 9.10. The first-order valence-corrected chi connectivity index (χ1v) is 23.4. The maximum absolute atomic E-state index is 14.0. The van der Waals surface area contributed by atoms with Crippen molar-refractivity contribution in [2.75, 3.05) is 52.8 Å². The van der Waals surface area contributed by atoms with Gasteiger partial charge in [0.2, 0.25) is 11.8 Å². The molecule has 4 atom stereocenters. The van der Waals surface area contributed by atoms with Gasteiger partial charge in [0.05, 0.1) is 30.7 Å². The number of amides is 2. The number of ether oxygens (including phenoxy) is 8. The fourth-order valence-electron chi connectivity index (χ4n) is 6.01. The molecular weight excluding hydrogens is 1110 g/mol. The fourth-order valence-corrected chi connectivity index (χ4v) is 6.47. The number of hydrogen-bond acceptors (Lipinski definition) is 17. The number of hydrogen-bond donors (Lipinski definition) is 0. The Kier molecular flexibility index (Phi) is 18.1. The number of imide groups is 1. The molecule has 0 saturated carbocycles. The van der Waals surface area contributed by atoms with E-state index < -0.39 is 139 Å². The number of rotatable bonds is 23. The second kappa shape index (κ2) is 20.9. The molecule has 2 amide bonds. The van der Waals surface area contributed by atoms with E-state index in [1.165, 1.54) is 76.2 Å². The predicted molar refractivity (Wildman–Crippen MR) is 239 cm³/mol. The Labute approximate surface area is 406 Å². The molecule has 3 heterocycles. The van der Waals surface area contributed by atoms with E-state index in [1.54, 1.807) is 12.2 Å².